The van der Waals surface area contributed by atoms with Gasteiger partial charge in [0.2, 0.25) is 0 Å². The van der Waals surface area contributed by atoms with Crippen molar-refractivity contribution in [2.24, 2.45) is 0 Å². The van der Waals surface area contributed by atoms with Crippen LogP contribution >= 0.6 is 0 Å². The Morgan fingerprint density at radius 3 is 0.975 bits per heavy atom. The Kier molecular flexibility index (Phi) is 10.7. The molecule has 5 aromatic heterocycles. The van der Waals surface area contributed by atoms with Crippen LogP contribution in [0, 0.1) is 0 Å². The highest BCUT2D eigenvalue weighted by Crippen LogP contribution is 2.42. The van der Waals surface area contributed by atoms with Crippen molar-refractivity contribution in [3.05, 3.63) is 279 Å². The minimum absolute atomic E-state index is 0.515. The molecule has 0 aliphatic rings. The van der Waals surface area contributed by atoms with Gasteiger partial charge in [0, 0.05) is 77.1 Å². The number of rotatable bonds is 9. The fourth-order valence-corrected chi connectivity index (χ4v) is 12.0. The Morgan fingerprint density at radius 1 is 0.210 bits per heavy atom. The van der Waals surface area contributed by atoms with Crippen molar-refractivity contribution in [1.82, 2.24) is 38.6 Å². The lowest BCUT2D eigenvalue weighted by molar-refractivity contribution is 1.06. The molecule has 0 aliphatic heterocycles. The fourth-order valence-electron chi connectivity index (χ4n) is 12.0. The quantitative estimate of drug-likeness (QED) is 0.144. The molecule has 8 heteroatoms. The summed E-state index contributed by atoms with van der Waals surface area (Å²) in [6.07, 6.45) is 0. The van der Waals surface area contributed by atoms with Crippen LogP contribution in [-0.2, 0) is 0 Å². The van der Waals surface area contributed by atoms with E-state index in [1.807, 2.05) is 72.8 Å². The number of nitrogens with zero attached hydrogens (tertiary/aromatic N) is 8. The Hall–Kier alpha value is -11.1. The number of aromatic nitrogens is 8. The molecule has 0 radical (unpaired) electrons. The summed E-state index contributed by atoms with van der Waals surface area (Å²) in [5, 5.41) is 7.05. The highest BCUT2D eigenvalue weighted by molar-refractivity contribution is 6.14. The standard InChI is InChI=1S/C73H46N8/c1-5-21-47(22-6-1)61-46-62(48-23-7-2-8-24-48)75-72(74-61)51-37-40-69(60(43-51)73-77-70(49-25-9-3-10-26-49)76-71(78-73)50-27-11-4-12-28-50)81-67-41-38-52(79-63-33-17-13-29-54(63)55-30-14-18-34-64(55)79)44-58(67)59-45-53(39-42-68(59)81)80-65-35-19-15-31-56(65)57-32-16-20-36-66(57)80/h1-46H. The van der Waals surface area contributed by atoms with Crippen molar-refractivity contribution in [3.8, 4) is 85.1 Å². The lowest BCUT2D eigenvalue weighted by Gasteiger charge is -2.17. The molecule has 0 fully saturated rings. The van der Waals surface area contributed by atoms with Crippen molar-refractivity contribution >= 4 is 65.4 Å². The molecule has 0 saturated carbocycles. The Morgan fingerprint density at radius 2 is 0.556 bits per heavy atom. The Labute approximate surface area is 465 Å². The third-order valence-electron chi connectivity index (χ3n) is 15.7. The summed E-state index contributed by atoms with van der Waals surface area (Å²) in [4.78, 5) is 26.7. The average molecular weight is 1040 g/mol. The van der Waals surface area contributed by atoms with Gasteiger partial charge in [0.15, 0.2) is 23.3 Å². The molecule has 8 nitrogen and oxygen atoms in total. The van der Waals surface area contributed by atoms with Gasteiger partial charge in [-0.05, 0) is 84.9 Å². The normalized spacial score (nSPS) is 11.7. The lowest BCUT2D eigenvalue weighted by Crippen LogP contribution is -2.05. The summed E-state index contributed by atoms with van der Waals surface area (Å²) in [5.41, 5.74) is 16.7. The van der Waals surface area contributed by atoms with Crippen LogP contribution in [0.3, 0.4) is 0 Å². The van der Waals surface area contributed by atoms with E-state index in [-0.39, 0.29) is 0 Å². The summed E-state index contributed by atoms with van der Waals surface area (Å²) in [7, 11) is 0. The zero-order valence-corrected chi connectivity index (χ0v) is 43.6. The smallest absolute Gasteiger partial charge is 0.166 e. The number of para-hydroxylation sites is 4. The Bertz CT molecular complexity index is 4710. The molecular weight excluding hydrogens is 989 g/mol. The first-order valence-corrected chi connectivity index (χ1v) is 27.2. The van der Waals surface area contributed by atoms with Crippen LogP contribution in [0.4, 0.5) is 0 Å². The van der Waals surface area contributed by atoms with Gasteiger partial charge in [-0.15, -0.1) is 0 Å². The van der Waals surface area contributed by atoms with Gasteiger partial charge >= 0.3 is 0 Å². The molecule has 0 N–H and O–H groups in total. The first-order valence-electron chi connectivity index (χ1n) is 27.2. The molecular formula is C73H46N8. The highest BCUT2D eigenvalue weighted by atomic mass is 15.1. The predicted molar refractivity (Wildman–Crippen MR) is 331 cm³/mol. The summed E-state index contributed by atoms with van der Waals surface area (Å²) in [6, 6.07) is 98.2. The van der Waals surface area contributed by atoms with E-state index in [0.717, 1.165) is 106 Å². The number of benzene rings is 11. The van der Waals surface area contributed by atoms with Crippen molar-refractivity contribution in [2.45, 2.75) is 0 Å². The summed E-state index contributed by atoms with van der Waals surface area (Å²) in [5.74, 6) is 2.23. The van der Waals surface area contributed by atoms with Gasteiger partial charge in [-0.25, -0.2) is 24.9 Å². The SMILES string of the molecule is c1ccc(-c2cc(-c3ccccc3)nc(-c3ccc(-n4c5ccc(-n6c7ccccc7c7ccccc76)cc5c5cc(-n6c7ccccc7c7ccccc76)ccc54)c(-c4nc(-c5ccccc5)nc(-c5ccccc5)n4)c3)n2)cc1. The zero-order chi connectivity index (χ0) is 53.4. The van der Waals surface area contributed by atoms with Gasteiger partial charge < -0.3 is 13.7 Å². The van der Waals surface area contributed by atoms with Crippen LogP contribution < -0.4 is 0 Å². The zero-order valence-electron chi connectivity index (χ0n) is 43.6. The Balaban J connectivity index is 0.998. The van der Waals surface area contributed by atoms with E-state index in [0.29, 0.717) is 23.3 Å². The van der Waals surface area contributed by atoms with Crippen LogP contribution in [-0.4, -0.2) is 38.6 Å². The van der Waals surface area contributed by atoms with Crippen molar-refractivity contribution < 1.29 is 0 Å². The minimum Gasteiger partial charge on any atom is -0.309 e. The largest absolute Gasteiger partial charge is 0.309 e. The molecule has 16 aromatic rings. The van der Waals surface area contributed by atoms with Crippen LogP contribution in [0.1, 0.15) is 0 Å². The second-order valence-electron chi connectivity index (χ2n) is 20.4. The van der Waals surface area contributed by atoms with E-state index < -0.39 is 0 Å². The summed E-state index contributed by atoms with van der Waals surface area (Å²) >= 11 is 0. The summed E-state index contributed by atoms with van der Waals surface area (Å²) in [6.45, 7) is 0. The van der Waals surface area contributed by atoms with Gasteiger partial charge in [0.05, 0.1) is 50.2 Å². The van der Waals surface area contributed by atoms with Gasteiger partial charge in [-0.1, -0.05) is 194 Å². The summed E-state index contributed by atoms with van der Waals surface area (Å²) < 4.78 is 7.19. The van der Waals surface area contributed by atoms with Crippen molar-refractivity contribution in [3.63, 3.8) is 0 Å². The molecule has 16 rings (SSSR count). The van der Waals surface area contributed by atoms with Gasteiger partial charge in [-0.3, -0.25) is 0 Å². The molecule has 378 valence electrons. The van der Waals surface area contributed by atoms with E-state index in [1.54, 1.807) is 0 Å². The number of hydrogen-bond acceptors (Lipinski definition) is 5. The number of hydrogen-bond donors (Lipinski definition) is 0. The third kappa shape index (κ3) is 7.72. The highest BCUT2D eigenvalue weighted by Gasteiger charge is 2.24. The number of fused-ring (bicyclic) bond motifs is 9. The molecule has 0 unspecified atom stereocenters. The lowest BCUT2D eigenvalue weighted by atomic mass is 10.0. The maximum absolute atomic E-state index is 5.42. The maximum Gasteiger partial charge on any atom is 0.166 e. The van der Waals surface area contributed by atoms with E-state index in [9.17, 15) is 0 Å². The molecule has 0 amide bonds. The van der Waals surface area contributed by atoms with E-state index in [4.69, 9.17) is 24.9 Å². The van der Waals surface area contributed by atoms with Crippen molar-refractivity contribution in [1.29, 1.82) is 0 Å². The van der Waals surface area contributed by atoms with Gasteiger partial charge in [0.25, 0.3) is 0 Å². The minimum atomic E-state index is 0.515. The van der Waals surface area contributed by atoms with E-state index >= 15 is 0 Å². The van der Waals surface area contributed by atoms with Crippen LogP contribution in [0.5, 0.6) is 0 Å². The molecule has 0 aliphatic carbocycles. The molecule has 0 saturated heterocycles. The van der Waals surface area contributed by atoms with Crippen LogP contribution in [0.15, 0.2) is 279 Å². The van der Waals surface area contributed by atoms with E-state index in [2.05, 4.69) is 220 Å². The van der Waals surface area contributed by atoms with Crippen molar-refractivity contribution in [2.75, 3.05) is 0 Å². The molecule has 0 spiro atoms. The molecule has 0 atom stereocenters. The third-order valence-corrected chi connectivity index (χ3v) is 15.7. The second kappa shape index (κ2) is 18.8. The fraction of sp³-hybridized carbons (Fsp3) is 0. The average Bonchev–Trinajstić information content (AvgIpc) is 4.01. The second-order valence-corrected chi connectivity index (χ2v) is 20.4. The van der Waals surface area contributed by atoms with Gasteiger partial charge in [-0.2, -0.15) is 0 Å². The topological polar surface area (TPSA) is 79.2 Å². The first kappa shape index (κ1) is 46.0. The van der Waals surface area contributed by atoms with E-state index in [1.165, 1.54) is 21.5 Å². The van der Waals surface area contributed by atoms with Crippen LogP contribution in [0.2, 0.25) is 0 Å². The molecule has 81 heavy (non-hydrogen) atoms. The predicted octanol–water partition coefficient (Wildman–Crippen LogP) is 18.0. The van der Waals surface area contributed by atoms with Gasteiger partial charge in [0.1, 0.15) is 0 Å². The molecule has 0 bridgehead atoms. The maximum atomic E-state index is 5.42. The monoisotopic (exact) mass is 1030 g/mol. The first-order chi connectivity index (χ1) is 40.2. The van der Waals surface area contributed by atoms with Crippen LogP contribution in [0.25, 0.3) is 151 Å². The molecule has 5 heterocycles. The molecule has 11 aromatic carbocycles.